The molecule has 0 aliphatic rings. The molecule has 4 N–H and O–H groups in total. The number of carbonyl (C=O) groups excluding carboxylic acids is 1. The van der Waals surface area contributed by atoms with Crippen molar-refractivity contribution in [2.75, 3.05) is 11.1 Å². The van der Waals surface area contributed by atoms with Crippen molar-refractivity contribution in [3.05, 3.63) is 59.3 Å². The van der Waals surface area contributed by atoms with E-state index in [4.69, 9.17) is 5.73 Å². The lowest BCUT2D eigenvalue weighted by Gasteiger charge is -2.13. The summed E-state index contributed by atoms with van der Waals surface area (Å²) in [7, 11) is 0. The molecule has 0 aliphatic carbocycles. The fourth-order valence-corrected chi connectivity index (χ4v) is 1.96. The predicted molar refractivity (Wildman–Crippen MR) is 107 cm³/mol. The molecule has 0 atom stereocenters. The molecule has 1 aromatic heterocycles. The van der Waals surface area contributed by atoms with E-state index in [0.29, 0.717) is 23.7 Å². The first-order valence-corrected chi connectivity index (χ1v) is 8.09. The maximum Gasteiger partial charge on any atom is 0.170 e. The fraction of sp³-hybridized carbons (Fsp3) is 0.158. The van der Waals surface area contributed by atoms with Gasteiger partial charge >= 0.3 is 0 Å². The van der Waals surface area contributed by atoms with E-state index in [9.17, 15) is 4.79 Å². The van der Waals surface area contributed by atoms with Gasteiger partial charge in [0.25, 0.3) is 0 Å². The lowest BCUT2D eigenvalue weighted by molar-refractivity contribution is 0.111. The summed E-state index contributed by atoms with van der Waals surface area (Å²) in [5.41, 5.74) is 11.0. The Labute approximate surface area is 152 Å². The van der Waals surface area contributed by atoms with E-state index < -0.39 is 0 Å². The largest absolute Gasteiger partial charge is 0.394 e. The van der Waals surface area contributed by atoms with Gasteiger partial charge in [-0.3, -0.25) is 10.2 Å². The number of anilines is 2. The van der Waals surface area contributed by atoms with E-state index in [1.54, 1.807) is 12.2 Å². The second-order valence-electron chi connectivity index (χ2n) is 5.59. The van der Waals surface area contributed by atoms with Gasteiger partial charge in [0, 0.05) is 5.71 Å². The van der Waals surface area contributed by atoms with Crippen LogP contribution >= 0.6 is 0 Å². The summed E-state index contributed by atoms with van der Waals surface area (Å²) in [5.74, 6) is 1.30. The summed E-state index contributed by atoms with van der Waals surface area (Å²) < 4.78 is 0. The minimum Gasteiger partial charge on any atom is -0.394 e. The molecule has 2 rings (SSSR count). The van der Waals surface area contributed by atoms with Crippen LogP contribution in [0.5, 0.6) is 0 Å². The van der Waals surface area contributed by atoms with E-state index in [1.165, 1.54) is 0 Å². The van der Waals surface area contributed by atoms with Crippen molar-refractivity contribution in [2.24, 2.45) is 5.10 Å². The van der Waals surface area contributed by atoms with Gasteiger partial charge in [-0.25, -0.2) is 9.97 Å². The molecule has 0 bridgehead atoms. The Hall–Kier alpha value is -3.48. The van der Waals surface area contributed by atoms with Crippen LogP contribution in [0.15, 0.2) is 47.3 Å². The Morgan fingerprint density at radius 1 is 1.15 bits per heavy atom. The maximum atomic E-state index is 11.3. The molecule has 7 heteroatoms. The number of nitrogens with zero attached hydrogens (tertiary/aromatic N) is 3. The number of nitrogens with two attached hydrogens (primary N) is 1. The Balaban J connectivity index is 2.32. The van der Waals surface area contributed by atoms with Crippen molar-refractivity contribution in [3.8, 4) is 0 Å². The van der Waals surface area contributed by atoms with Crippen molar-refractivity contribution >= 4 is 35.7 Å². The second kappa shape index (κ2) is 9.12. The Morgan fingerprint density at radius 3 is 2.50 bits per heavy atom. The minimum absolute atomic E-state index is 0.126. The van der Waals surface area contributed by atoms with Crippen LogP contribution in [0.25, 0.3) is 12.2 Å². The van der Waals surface area contributed by atoms with Gasteiger partial charge in [-0.05, 0) is 38.5 Å². The highest BCUT2D eigenvalue weighted by Gasteiger charge is 2.11. The van der Waals surface area contributed by atoms with Gasteiger partial charge in [-0.1, -0.05) is 36.4 Å². The predicted octanol–water partition coefficient (Wildman–Crippen LogP) is 3.30. The summed E-state index contributed by atoms with van der Waals surface area (Å²) in [6, 6.07) is 9.73. The lowest BCUT2D eigenvalue weighted by atomic mass is 10.2. The van der Waals surface area contributed by atoms with Gasteiger partial charge in [-0.15, -0.1) is 0 Å². The number of hydrogen-bond acceptors (Lipinski definition) is 7. The zero-order valence-electron chi connectivity index (χ0n) is 15.0. The van der Waals surface area contributed by atoms with Crippen molar-refractivity contribution in [3.63, 3.8) is 0 Å². The Morgan fingerprint density at radius 2 is 1.88 bits per heavy atom. The number of nitrogens with one attached hydrogen (secondary N) is 2. The quantitative estimate of drug-likeness (QED) is 0.402. The highest BCUT2D eigenvalue weighted by atomic mass is 16.1. The fourth-order valence-electron chi connectivity index (χ4n) is 1.96. The molecule has 2 aromatic rings. The zero-order chi connectivity index (χ0) is 18.9. The van der Waals surface area contributed by atoms with Crippen LogP contribution in [0.4, 0.5) is 11.5 Å². The molecule has 26 heavy (non-hydrogen) atoms. The molecule has 0 aliphatic heterocycles. The lowest BCUT2D eigenvalue weighted by Crippen LogP contribution is -2.18. The van der Waals surface area contributed by atoms with Gasteiger partial charge in [0.2, 0.25) is 0 Å². The third kappa shape index (κ3) is 5.27. The van der Waals surface area contributed by atoms with Crippen molar-refractivity contribution in [2.45, 2.75) is 20.8 Å². The summed E-state index contributed by atoms with van der Waals surface area (Å²) in [6.07, 6.45) is 5.99. The molecule has 0 fully saturated rings. The van der Waals surface area contributed by atoms with E-state index in [2.05, 4.69) is 25.8 Å². The molecule has 0 saturated carbocycles. The highest BCUT2D eigenvalue weighted by molar-refractivity contribution is 5.86. The van der Waals surface area contributed by atoms with Crippen LogP contribution in [-0.2, 0) is 0 Å². The van der Waals surface area contributed by atoms with Gasteiger partial charge < -0.3 is 11.1 Å². The molecule has 1 aromatic carbocycles. The standard InChI is InChI=1S/C19H22N6O/c1-4-16(25-24-13(2)3)22-19-18(20)15(12-26)21-17(23-19)11-10-14-8-6-5-7-9-14/h4-12,25H,20H2,1-3H3,(H,21,22,23)/b11-10+,16-4-. The zero-order valence-corrected chi connectivity index (χ0v) is 15.0. The van der Waals surface area contributed by atoms with Crippen LogP contribution in [0, 0.1) is 0 Å². The number of aromatic nitrogens is 2. The SMILES string of the molecule is C/C=C(\NN=C(C)C)Nc1nc(/C=C/c2ccccc2)nc(C=O)c1N. The summed E-state index contributed by atoms with van der Waals surface area (Å²) in [4.78, 5) is 19.9. The number of rotatable bonds is 7. The molecule has 134 valence electrons. The molecule has 0 radical (unpaired) electrons. The smallest absolute Gasteiger partial charge is 0.170 e. The van der Waals surface area contributed by atoms with Gasteiger partial charge in [0.05, 0.1) is 0 Å². The number of allylic oxidation sites excluding steroid dienone is 1. The van der Waals surface area contributed by atoms with Crippen LogP contribution in [0.2, 0.25) is 0 Å². The van der Waals surface area contributed by atoms with Crippen LogP contribution in [-0.4, -0.2) is 22.0 Å². The molecule has 0 spiro atoms. The maximum absolute atomic E-state index is 11.3. The normalized spacial score (nSPS) is 11.3. The average molecular weight is 350 g/mol. The number of benzene rings is 1. The molecular weight excluding hydrogens is 328 g/mol. The molecule has 0 amide bonds. The molecule has 1 heterocycles. The number of hydrazone groups is 1. The van der Waals surface area contributed by atoms with Crippen molar-refractivity contribution in [1.82, 2.24) is 15.4 Å². The highest BCUT2D eigenvalue weighted by Crippen LogP contribution is 2.20. The molecule has 0 saturated heterocycles. The molecule has 0 unspecified atom stereocenters. The summed E-state index contributed by atoms with van der Waals surface area (Å²) in [5, 5.41) is 7.17. The Kier molecular flexibility index (Phi) is 6.61. The third-order valence-corrected chi connectivity index (χ3v) is 3.27. The van der Waals surface area contributed by atoms with E-state index in [-0.39, 0.29) is 11.4 Å². The van der Waals surface area contributed by atoms with Crippen LogP contribution < -0.4 is 16.5 Å². The Bertz CT molecular complexity index is 852. The van der Waals surface area contributed by atoms with Crippen LogP contribution in [0.1, 0.15) is 42.6 Å². The molecule has 7 nitrogen and oxygen atoms in total. The number of aldehydes is 1. The third-order valence-electron chi connectivity index (χ3n) is 3.27. The second-order valence-corrected chi connectivity index (χ2v) is 5.59. The number of hydrogen-bond donors (Lipinski definition) is 3. The van der Waals surface area contributed by atoms with Gasteiger partial charge in [0.15, 0.2) is 17.9 Å². The van der Waals surface area contributed by atoms with E-state index in [0.717, 1.165) is 11.3 Å². The van der Waals surface area contributed by atoms with Crippen LogP contribution in [0.3, 0.4) is 0 Å². The average Bonchev–Trinajstić information content (AvgIpc) is 2.65. The summed E-state index contributed by atoms with van der Waals surface area (Å²) in [6.45, 7) is 5.58. The summed E-state index contributed by atoms with van der Waals surface area (Å²) >= 11 is 0. The molecular formula is C19H22N6O. The van der Waals surface area contributed by atoms with Crippen molar-refractivity contribution in [1.29, 1.82) is 0 Å². The minimum atomic E-state index is 0.126. The first kappa shape index (κ1) is 18.9. The topological polar surface area (TPSA) is 105 Å². The number of nitrogen functional groups attached to an aromatic ring is 1. The van der Waals surface area contributed by atoms with Gasteiger partial charge in [0.1, 0.15) is 17.2 Å². The van der Waals surface area contributed by atoms with E-state index >= 15 is 0 Å². The first-order valence-electron chi connectivity index (χ1n) is 8.09. The van der Waals surface area contributed by atoms with E-state index in [1.807, 2.05) is 57.2 Å². The van der Waals surface area contributed by atoms with Crippen molar-refractivity contribution < 1.29 is 4.79 Å². The first-order chi connectivity index (χ1) is 12.5. The monoisotopic (exact) mass is 350 g/mol. The number of carbonyl (C=O) groups is 1. The van der Waals surface area contributed by atoms with Gasteiger partial charge in [-0.2, -0.15) is 5.10 Å².